The molecule has 0 radical (unpaired) electrons. The molecule has 2 N–H and O–H groups in total. The summed E-state index contributed by atoms with van der Waals surface area (Å²) in [5.74, 6) is -1.55. The maximum atomic E-state index is 13.9. The Bertz CT molecular complexity index is 1170. The van der Waals surface area contributed by atoms with Gasteiger partial charge in [-0.25, -0.2) is 0 Å². The Labute approximate surface area is 181 Å². The van der Waals surface area contributed by atoms with Gasteiger partial charge in [0.1, 0.15) is 12.3 Å². The van der Waals surface area contributed by atoms with E-state index in [0.717, 1.165) is 30.7 Å². The van der Waals surface area contributed by atoms with Crippen LogP contribution in [0.25, 0.3) is 22.1 Å². The predicted octanol–water partition coefficient (Wildman–Crippen LogP) is 4.80. The van der Waals surface area contributed by atoms with Crippen LogP contribution in [-0.2, 0) is 12.7 Å². The lowest BCUT2D eigenvalue weighted by atomic mass is 9.99. The molecule has 2 aromatic carbocycles. The molecule has 1 aliphatic rings. The molecule has 3 aromatic rings. The molecule has 0 amide bonds. The zero-order valence-electron chi connectivity index (χ0n) is 16.9. The lowest BCUT2D eigenvalue weighted by Crippen LogP contribution is -3.14. The highest BCUT2D eigenvalue weighted by Gasteiger charge is 2.40. The first kappa shape index (κ1) is 21.7. The van der Waals surface area contributed by atoms with Gasteiger partial charge in [-0.05, 0) is 56.0 Å². The number of phenols is 1. The molecule has 0 spiro atoms. The van der Waals surface area contributed by atoms with E-state index in [9.17, 15) is 23.1 Å². The zero-order chi connectivity index (χ0) is 22.3. The van der Waals surface area contributed by atoms with Crippen LogP contribution in [-0.4, -0.2) is 17.7 Å². The van der Waals surface area contributed by atoms with Crippen molar-refractivity contribution in [1.82, 2.24) is 0 Å². The normalized spacial score (nSPS) is 19.6. The first-order valence-corrected chi connectivity index (χ1v) is 10.5. The third kappa shape index (κ3) is 4.16. The van der Waals surface area contributed by atoms with Gasteiger partial charge in [0.15, 0.2) is 5.58 Å². The monoisotopic (exact) mass is 452 g/mol. The summed E-state index contributed by atoms with van der Waals surface area (Å²) in [4.78, 5) is 14.4. The number of quaternary nitrogens is 1. The minimum absolute atomic E-state index is 0.00909. The van der Waals surface area contributed by atoms with Crippen LogP contribution in [0.15, 0.2) is 45.6 Å². The second-order valence-electron chi connectivity index (χ2n) is 8.06. The van der Waals surface area contributed by atoms with E-state index in [1.807, 2.05) is 0 Å². The standard InChI is InChI=1S/C23H21ClF3NO3/c1-13-4-2-3-11-28(13)12-17-18(29)10-9-16-20(30)19(14-5-7-15(24)8-6-14)22(23(25,26)27)31-21(16)17/h5-10,13,29H,2-4,11-12H2,1H3/p+1/t13-/m1/s1. The van der Waals surface area contributed by atoms with Gasteiger partial charge < -0.3 is 14.4 Å². The number of aromatic hydroxyl groups is 1. The third-order valence-corrected chi connectivity index (χ3v) is 6.27. The second-order valence-corrected chi connectivity index (χ2v) is 8.50. The number of phenolic OH excluding ortho intramolecular Hbond substituents is 1. The summed E-state index contributed by atoms with van der Waals surface area (Å²) in [5.41, 5.74) is -1.27. The number of halogens is 4. The maximum absolute atomic E-state index is 13.9. The molecule has 2 atom stereocenters. The van der Waals surface area contributed by atoms with E-state index in [4.69, 9.17) is 16.0 Å². The number of hydrogen-bond donors (Lipinski definition) is 2. The average Bonchev–Trinajstić information content (AvgIpc) is 2.71. The van der Waals surface area contributed by atoms with Crippen molar-refractivity contribution >= 4 is 22.6 Å². The van der Waals surface area contributed by atoms with Gasteiger partial charge in [0.2, 0.25) is 11.2 Å². The van der Waals surface area contributed by atoms with E-state index in [2.05, 4.69) is 6.92 Å². The lowest BCUT2D eigenvalue weighted by Gasteiger charge is -2.30. The van der Waals surface area contributed by atoms with Crippen molar-refractivity contribution in [3.05, 3.63) is 63.0 Å². The molecule has 0 saturated carbocycles. The molecule has 1 aromatic heterocycles. The van der Waals surface area contributed by atoms with E-state index in [1.165, 1.54) is 36.4 Å². The molecule has 8 heteroatoms. The second kappa shape index (κ2) is 8.20. The summed E-state index contributed by atoms with van der Waals surface area (Å²) in [6.45, 7) is 3.20. The fourth-order valence-corrected chi connectivity index (χ4v) is 4.42. The number of alkyl halides is 3. The first-order valence-electron chi connectivity index (χ1n) is 10.2. The molecule has 1 saturated heterocycles. The van der Waals surface area contributed by atoms with Gasteiger partial charge in [0, 0.05) is 5.02 Å². The van der Waals surface area contributed by atoms with Gasteiger partial charge in [-0.15, -0.1) is 0 Å². The molecule has 4 rings (SSSR count). The Morgan fingerprint density at radius 1 is 1.16 bits per heavy atom. The van der Waals surface area contributed by atoms with Gasteiger partial charge in [-0.2, -0.15) is 13.2 Å². The number of hydrogen-bond acceptors (Lipinski definition) is 3. The van der Waals surface area contributed by atoms with Gasteiger partial charge >= 0.3 is 6.18 Å². The molecule has 31 heavy (non-hydrogen) atoms. The minimum atomic E-state index is -4.89. The molecular weight excluding hydrogens is 431 g/mol. The van der Waals surface area contributed by atoms with Crippen LogP contribution in [0.4, 0.5) is 13.2 Å². The Morgan fingerprint density at radius 3 is 2.52 bits per heavy atom. The minimum Gasteiger partial charge on any atom is -0.507 e. The molecule has 0 bridgehead atoms. The predicted molar refractivity (Wildman–Crippen MR) is 112 cm³/mol. The Hall–Kier alpha value is -2.51. The molecule has 4 nitrogen and oxygen atoms in total. The number of benzene rings is 2. The average molecular weight is 453 g/mol. The summed E-state index contributed by atoms with van der Waals surface area (Å²) < 4.78 is 47.2. The highest BCUT2D eigenvalue weighted by Crippen LogP contribution is 2.39. The van der Waals surface area contributed by atoms with Crippen LogP contribution < -0.4 is 10.3 Å². The number of piperidine rings is 1. The smallest absolute Gasteiger partial charge is 0.450 e. The van der Waals surface area contributed by atoms with Crippen molar-refractivity contribution in [2.45, 2.75) is 44.9 Å². The van der Waals surface area contributed by atoms with Crippen molar-refractivity contribution in [2.75, 3.05) is 6.54 Å². The molecule has 1 fully saturated rings. The van der Waals surface area contributed by atoms with Crippen molar-refractivity contribution in [3.63, 3.8) is 0 Å². The molecule has 164 valence electrons. The van der Waals surface area contributed by atoms with Crippen LogP contribution in [0.2, 0.25) is 5.02 Å². The number of rotatable bonds is 3. The third-order valence-electron chi connectivity index (χ3n) is 6.01. The topological polar surface area (TPSA) is 54.9 Å². The quantitative estimate of drug-likeness (QED) is 0.600. The molecular formula is C23H22ClF3NO3+. The largest absolute Gasteiger partial charge is 0.507 e. The van der Waals surface area contributed by atoms with Gasteiger partial charge in [-0.1, -0.05) is 23.7 Å². The van der Waals surface area contributed by atoms with E-state index in [-0.39, 0.29) is 34.4 Å². The Kier molecular flexibility index (Phi) is 5.75. The fraction of sp³-hybridized carbons (Fsp3) is 0.348. The van der Waals surface area contributed by atoms with Gasteiger partial charge in [0.05, 0.1) is 29.1 Å². The van der Waals surface area contributed by atoms with E-state index in [1.54, 1.807) is 0 Å². The number of fused-ring (bicyclic) bond motifs is 1. The SMILES string of the molecule is C[C@@H]1CCCC[NH+]1Cc1c(O)ccc2c(=O)c(-c3ccc(Cl)cc3)c(C(F)(F)F)oc12. The molecule has 1 unspecified atom stereocenters. The first-order chi connectivity index (χ1) is 14.7. The number of nitrogens with one attached hydrogen (secondary N) is 1. The highest BCUT2D eigenvalue weighted by molar-refractivity contribution is 6.30. The van der Waals surface area contributed by atoms with E-state index in [0.29, 0.717) is 11.1 Å². The van der Waals surface area contributed by atoms with Gasteiger partial charge in [0.25, 0.3) is 0 Å². The summed E-state index contributed by atoms with van der Waals surface area (Å²) >= 11 is 5.85. The highest BCUT2D eigenvalue weighted by atomic mass is 35.5. The number of likely N-dealkylation sites (tertiary alicyclic amines) is 1. The van der Waals surface area contributed by atoms with Gasteiger partial charge in [-0.3, -0.25) is 4.79 Å². The summed E-state index contributed by atoms with van der Waals surface area (Å²) in [6.07, 6.45) is -1.79. The fourth-order valence-electron chi connectivity index (χ4n) is 4.30. The van der Waals surface area contributed by atoms with Crippen molar-refractivity contribution in [1.29, 1.82) is 0 Å². The Balaban J connectivity index is 1.96. The molecule has 1 aliphatic heterocycles. The Morgan fingerprint density at radius 2 is 1.87 bits per heavy atom. The van der Waals surface area contributed by atoms with Crippen LogP contribution >= 0.6 is 11.6 Å². The van der Waals surface area contributed by atoms with Crippen molar-refractivity contribution < 1.29 is 27.6 Å². The van der Waals surface area contributed by atoms with Crippen LogP contribution in [0, 0.1) is 0 Å². The summed E-state index contributed by atoms with van der Waals surface area (Å²) in [6, 6.07) is 8.52. The summed E-state index contributed by atoms with van der Waals surface area (Å²) in [7, 11) is 0. The van der Waals surface area contributed by atoms with E-state index >= 15 is 0 Å². The lowest BCUT2D eigenvalue weighted by molar-refractivity contribution is -0.941. The van der Waals surface area contributed by atoms with Crippen molar-refractivity contribution in [3.8, 4) is 16.9 Å². The van der Waals surface area contributed by atoms with Crippen LogP contribution in [0.5, 0.6) is 5.75 Å². The summed E-state index contributed by atoms with van der Waals surface area (Å²) in [5, 5.41) is 10.8. The zero-order valence-corrected chi connectivity index (χ0v) is 17.6. The van der Waals surface area contributed by atoms with Crippen LogP contribution in [0.1, 0.15) is 37.5 Å². The molecule has 2 heterocycles. The molecule has 0 aliphatic carbocycles. The van der Waals surface area contributed by atoms with Crippen molar-refractivity contribution in [2.24, 2.45) is 0 Å². The van der Waals surface area contributed by atoms with Crippen LogP contribution in [0.3, 0.4) is 0 Å². The maximum Gasteiger partial charge on any atom is 0.450 e. The van der Waals surface area contributed by atoms with E-state index < -0.39 is 22.9 Å².